The summed E-state index contributed by atoms with van der Waals surface area (Å²) in [6.07, 6.45) is 3.46. The van der Waals surface area contributed by atoms with Crippen LogP contribution in [0.3, 0.4) is 0 Å². The molecule has 4 rings (SSSR count). The molecule has 2 aromatic carbocycles. The zero-order valence-electron chi connectivity index (χ0n) is 17.8. The van der Waals surface area contributed by atoms with Gasteiger partial charge in [-0.3, -0.25) is 14.3 Å². The number of aryl methyl sites for hydroxylation is 1. The topological polar surface area (TPSA) is 63.9 Å². The van der Waals surface area contributed by atoms with E-state index in [9.17, 15) is 9.18 Å². The molecule has 0 atom stereocenters. The number of hydrogen-bond donors (Lipinski definition) is 0. The third-order valence-corrected chi connectivity index (χ3v) is 5.91. The van der Waals surface area contributed by atoms with Gasteiger partial charge in [-0.2, -0.15) is 0 Å². The van der Waals surface area contributed by atoms with Crippen molar-refractivity contribution in [3.8, 4) is 17.1 Å². The van der Waals surface area contributed by atoms with Crippen LogP contribution in [0.4, 0.5) is 4.39 Å². The fraction of sp³-hybridized carbons (Fsp3) is 0.167. The Kier molecular flexibility index (Phi) is 6.61. The molecule has 0 spiro atoms. The van der Waals surface area contributed by atoms with Gasteiger partial charge in [-0.25, -0.2) is 4.39 Å². The van der Waals surface area contributed by atoms with Crippen molar-refractivity contribution in [3.05, 3.63) is 90.0 Å². The maximum Gasteiger partial charge on any atom is 0.233 e. The first-order valence-electron chi connectivity index (χ1n) is 10.1. The molecule has 162 valence electrons. The molecule has 0 radical (unpaired) electrons. The Hall–Kier alpha value is -3.52. The Labute approximate surface area is 190 Å². The van der Waals surface area contributed by atoms with Crippen LogP contribution in [0.25, 0.3) is 17.1 Å². The minimum absolute atomic E-state index is 0.0541. The minimum Gasteiger partial charge on any atom is -0.341 e. The third kappa shape index (κ3) is 4.86. The van der Waals surface area contributed by atoms with E-state index in [4.69, 9.17) is 0 Å². The van der Waals surface area contributed by atoms with E-state index in [-0.39, 0.29) is 17.5 Å². The summed E-state index contributed by atoms with van der Waals surface area (Å²) in [5, 5.41) is 9.39. The van der Waals surface area contributed by atoms with Crippen molar-refractivity contribution in [1.82, 2.24) is 24.6 Å². The molecule has 0 aliphatic carbocycles. The van der Waals surface area contributed by atoms with Crippen LogP contribution in [0.2, 0.25) is 0 Å². The van der Waals surface area contributed by atoms with Crippen LogP contribution in [0.1, 0.15) is 11.1 Å². The van der Waals surface area contributed by atoms with Gasteiger partial charge < -0.3 is 4.90 Å². The van der Waals surface area contributed by atoms with E-state index in [0.717, 1.165) is 22.4 Å². The summed E-state index contributed by atoms with van der Waals surface area (Å²) < 4.78 is 15.1. The van der Waals surface area contributed by atoms with Crippen LogP contribution in [0, 0.1) is 12.7 Å². The van der Waals surface area contributed by atoms with Gasteiger partial charge in [0.25, 0.3) is 0 Å². The predicted molar refractivity (Wildman–Crippen MR) is 123 cm³/mol. The van der Waals surface area contributed by atoms with E-state index in [1.807, 2.05) is 47.9 Å². The number of benzene rings is 2. The van der Waals surface area contributed by atoms with E-state index in [1.165, 1.54) is 23.9 Å². The Bertz CT molecular complexity index is 1210. The monoisotopic (exact) mass is 447 g/mol. The maximum atomic E-state index is 13.1. The molecule has 0 saturated heterocycles. The molecule has 0 bridgehead atoms. The Morgan fingerprint density at radius 1 is 1.06 bits per heavy atom. The average Bonchev–Trinajstić information content (AvgIpc) is 3.23. The van der Waals surface area contributed by atoms with E-state index in [0.29, 0.717) is 17.5 Å². The predicted octanol–water partition coefficient (Wildman–Crippen LogP) is 4.53. The molecule has 32 heavy (non-hydrogen) atoms. The molecule has 6 nitrogen and oxygen atoms in total. The molecule has 0 aliphatic rings. The minimum atomic E-state index is -0.293. The Balaban J connectivity index is 1.56. The first-order chi connectivity index (χ1) is 15.5. The number of rotatable bonds is 7. The first kappa shape index (κ1) is 21.7. The number of para-hydroxylation sites is 1. The van der Waals surface area contributed by atoms with Gasteiger partial charge in [-0.05, 0) is 48.4 Å². The van der Waals surface area contributed by atoms with E-state index in [1.54, 1.807) is 36.5 Å². The zero-order valence-corrected chi connectivity index (χ0v) is 18.6. The highest BCUT2D eigenvalue weighted by atomic mass is 32.2. The van der Waals surface area contributed by atoms with Crippen molar-refractivity contribution in [3.63, 3.8) is 0 Å². The molecule has 2 aromatic heterocycles. The fourth-order valence-corrected chi connectivity index (χ4v) is 4.15. The number of carbonyl (C=O) groups is 1. The molecule has 0 N–H and O–H groups in total. The molecule has 0 unspecified atom stereocenters. The lowest BCUT2D eigenvalue weighted by Gasteiger charge is -2.17. The van der Waals surface area contributed by atoms with Crippen molar-refractivity contribution in [2.45, 2.75) is 18.6 Å². The van der Waals surface area contributed by atoms with Crippen molar-refractivity contribution in [2.75, 3.05) is 12.8 Å². The van der Waals surface area contributed by atoms with Gasteiger partial charge in [0.2, 0.25) is 5.91 Å². The SMILES string of the molecule is Cc1ccccc1-n1c(SCC(=O)N(C)Cc2ccc(F)cc2)nnc1-c1cccnc1. The second-order valence-corrected chi connectivity index (χ2v) is 8.28. The molecule has 2 heterocycles. The lowest BCUT2D eigenvalue weighted by molar-refractivity contribution is -0.127. The normalized spacial score (nSPS) is 10.8. The van der Waals surface area contributed by atoms with Crippen LogP contribution in [0.15, 0.2) is 78.2 Å². The molecule has 0 saturated carbocycles. The summed E-state index contributed by atoms with van der Waals surface area (Å²) >= 11 is 1.33. The van der Waals surface area contributed by atoms with Gasteiger partial charge in [-0.15, -0.1) is 10.2 Å². The van der Waals surface area contributed by atoms with Crippen LogP contribution in [-0.4, -0.2) is 43.4 Å². The van der Waals surface area contributed by atoms with Gasteiger partial charge in [0.15, 0.2) is 11.0 Å². The zero-order chi connectivity index (χ0) is 22.5. The summed E-state index contributed by atoms with van der Waals surface area (Å²) in [4.78, 5) is 18.6. The largest absolute Gasteiger partial charge is 0.341 e. The van der Waals surface area contributed by atoms with Crippen LogP contribution in [-0.2, 0) is 11.3 Å². The first-order valence-corrected chi connectivity index (χ1v) is 11.0. The second kappa shape index (κ2) is 9.74. The van der Waals surface area contributed by atoms with Gasteiger partial charge in [-0.1, -0.05) is 42.1 Å². The van der Waals surface area contributed by atoms with E-state index >= 15 is 0 Å². The van der Waals surface area contributed by atoms with Crippen LogP contribution < -0.4 is 0 Å². The van der Waals surface area contributed by atoms with Crippen LogP contribution >= 0.6 is 11.8 Å². The highest BCUT2D eigenvalue weighted by Gasteiger charge is 2.19. The quantitative estimate of drug-likeness (QED) is 0.390. The number of amides is 1. The lowest BCUT2D eigenvalue weighted by Crippen LogP contribution is -2.27. The molecule has 4 aromatic rings. The summed E-state index contributed by atoms with van der Waals surface area (Å²) in [6.45, 7) is 2.43. The Morgan fingerprint density at radius 2 is 1.84 bits per heavy atom. The van der Waals surface area contributed by atoms with Crippen molar-refractivity contribution in [2.24, 2.45) is 0 Å². The summed E-state index contributed by atoms with van der Waals surface area (Å²) in [5.74, 6) is 0.524. The number of carbonyl (C=O) groups excluding carboxylic acids is 1. The van der Waals surface area contributed by atoms with Crippen LogP contribution in [0.5, 0.6) is 0 Å². The standard InChI is InChI=1S/C24H22FN5OS/c1-17-6-3-4-8-21(17)30-23(19-7-5-13-26-14-19)27-28-24(30)32-16-22(31)29(2)15-18-9-11-20(25)12-10-18/h3-14H,15-16H2,1-2H3. The number of aromatic nitrogens is 4. The fourth-order valence-electron chi connectivity index (χ4n) is 3.27. The number of halogens is 1. The summed E-state index contributed by atoms with van der Waals surface area (Å²) in [7, 11) is 1.74. The third-order valence-electron chi connectivity index (χ3n) is 4.99. The molecular formula is C24H22FN5OS. The smallest absolute Gasteiger partial charge is 0.233 e. The lowest BCUT2D eigenvalue weighted by atomic mass is 10.2. The summed E-state index contributed by atoms with van der Waals surface area (Å²) in [6, 6.07) is 17.9. The molecule has 0 fully saturated rings. The highest BCUT2D eigenvalue weighted by Crippen LogP contribution is 2.29. The molecular weight excluding hydrogens is 425 g/mol. The molecule has 8 heteroatoms. The average molecular weight is 448 g/mol. The summed E-state index contributed by atoms with van der Waals surface area (Å²) in [5.41, 5.74) is 3.73. The van der Waals surface area contributed by atoms with Crippen molar-refractivity contribution >= 4 is 17.7 Å². The van der Waals surface area contributed by atoms with Gasteiger partial charge in [0.05, 0.1) is 11.4 Å². The number of thioether (sulfide) groups is 1. The Morgan fingerprint density at radius 3 is 2.56 bits per heavy atom. The second-order valence-electron chi connectivity index (χ2n) is 7.33. The van der Waals surface area contributed by atoms with Gasteiger partial charge in [0.1, 0.15) is 5.82 Å². The highest BCUT2D eigenvalue weighted by molar-refractivity contribution is 7.99. The molecule has 1 amide bonds. The maximum absolute atomic E-state index is 13.1. The number of hydrogen-bond acceptors (Lipinski definition) is 5. The van der Waals surface area contributed by atoms with Gasteiger partial charge >= 0.3 is 0 Å². The van der Waals surface area contributed by atoms with E-state index < -0.39 is 0 Å². The number of pyridine rings is 1. The van der Waals surface area contributed by atoms with Gasteiger partial charge in [0, 0.05) is 31.5 Å². The van der Waals surface area contributed by atoms with Crippen molar-refractivity contribution in [1.29, 1.82) is 0 Å². The van der Waals surface area contributed by atoms with Crippen molar-refractivity contribution < 1.29 is 9.18 Å². The van der Waals surface area contributed by atoms with E-state index in [2.05, 4.69) is 15.2 Å². The number of nitrogens with zero attached hydrogens (tertiary/aromatic N) is 5. The molecule has 0 aliphatic heterocycles.